The lowest BCUT2D eigenvalue weighted by Gasteiger charge is -2.26. The molecule has 0 spiro atoms. The predicted octanol–water partition coefficient (Wildman–Crippen LogP) is 7.37. The molecule has 0 unspecified atom stereocenters. The molecular formula is C28H17Br3N2O4. The average molecular weight is 685 g/mol. The topological polar surface area (TPSA) is 75.7 Å². The zero-order chi connectivity index (χ0) is 26.1. The molecule has 184 valence electrons. The summed E-state index contributed by atoms with van der Waals surface area (Å²) >= 11 is 10.4. The average Bonchev–Trinajstić information content (AvgIpc) is 2.87. The Morgan fingerprint density at radius 3 is 2.19 bits per heavy atom. The van der Waals surface area contributed by atoms with Crippen molar-refractivity contribution in [1.29, 1.82) is 0 Å². The fraction of sp³-hybridized carbons (Fsp3) is 0.0357. The summed E-state index contributed by atoms with van der Waals surface area (Å²) in [5, 5.41) is 4.53. The Morgan fingerprint density at radius 1 is 0.811 bits per heavy atom. The van der Waals surface area contributed by atoms with Crippen LogP contribution in [0.15, 0.2) is 97.9 Å². The van der Waals surface area contributed by atoms with E-state index in [0.717, 1.165) is 25.7 Å². The molecule has 37 heavy (non-hydrogen) atoms. The number of nitrogens with zero attached hydrogens (tertiary/aromatic N) is 1. The van der Waals surface area contributed by atoms with E-state index in [2.05, 4.69) is 77.4 Å². The van der Waals surface area contributed by atoms with Gasteiger partial charge in [-0.25, -0.2) is 9.69 Å². The van der Waals surface area contributed by atoms with Gasteiger partial charge in [-0.15, -0.1) is 0 Å². The minimum Gasteiger partial charge on any atom is -0.487 e. The van der Waals surface area contributed by atoms with Crippen LogP contribution in [0.25, 0.3) is 16.8 Å². The Balaban J connectivity index is 1.39. The standard InChI is InChI=1S/C28H17Br3N2O4/c29-20-7-9-21(10-8-20)33-27(35)22(26(34)32-28(33)36)12-17-13-23(30)25(24(31)14-17)37-15-16-5-6-18-3-1-2-4-19(18)11-16/h1-14H,15H2,(H,32,34,36)/b22-12+. The van der Waals surface area contributed by atoms with Crippen LogP contribution in [0.4, 0.5) is 10.5 Å². The van der Waals surface area contributed by atoms with E-state index >= 15 is 0 Å². The van der Waals surface area contributed by atoms with Gasteiger partial charge in [0.2, 0.25) is 0 Å². The Morgan fingerprint density at radius 2 is 1.49 bits per heavy atom. The number of barbiturate groups is 1. The maximum atomic E-state index is 13.1. The largest absolute Gasteiger partial charge is 0.487 e. The van der Waals surface area contributed by atoms with E-state index in [1.807, 2.05) is 18.2 Å². The van der Waals surface area contributed by atoms with Gasteiger partial charge in [-0.2, -0.15) is 0 Å². The van der Waals surface area contributed by atoms with Crippen molar-refractivity contribution in [2.24, 2.45) is 0 Å². The van der Waals surface area contributed by atoms with Gasteiger partial charge in [-0.05, 0) is 102 Å². The van der Waals surface area contributed by atoms with E-state index in [9.17, 15) is 14.4 Å². The van der Waals surface area contributed by atoms with Crippen molar-refractivity contribution >= 4 is 88.2 Å². The number of anilines is 1. The molecule has 5 rings (SSSR count). The van der Waals surface area contributed by atoms with Gasteiger partial charge in [-0.3, -0.25) is 14.9 Å². The molecule has 0 aromatic heterocycles. The third-order valence-electron chi connectivity index (χ3n) is 5.72. The molecule has 1 aliphatic rings. The van der Waals surface area contributed by atoms with Crippen LogP contribution in [0.5, 0.6) is 5.75 Å². The molecule has 9 heteroatoms. The quantitative estimate of drug-likeness (QED) is 0.176. The van der Waals surface area contributed by atoms with Crippen molar-refractivity contribution < 1.29 is 19.1 Å². The maximum absolute atomic E-state index is 13.1. The number of benzene rings is 4. The highest BCUT2D eigenvalue weighted by Gasteiger charge is 2.36. The van der Waals surface area contributed by atoms with Crippen LogP contribution in [0.1, 0.15) is 11.1 Å². The van der Waals surface area contributed by atoms with Crippen molar-refractivity contribution in [3.8, 4) is 5.75 Å². The van der Waals surface area contributed by atoms with Gasteiger partial charge in [0, 0.05) is 4.47 Å². The number of hydrogen-bond acceptors (Lipinski definition) is 4. The van der Waals surface area contributed by atoms with E-state index in [1.54, 1.807) is 36.4 Å². The van der Waals surface area contributed by atoms with Gasteiger partial charge in [0.1, 0.15) is 17.9 Å². The van der Waals surface area contributed by atoms with Crippen LogP contribution in [0.3, 0.4) is 0 Å². The molecule has 1 aliphatic heterocycles. The molecule has 4 amide bonds. The number of amides is 4. The van der Waals surface area contributed by atoms with E-state index < -0.39 is 17.8 Å². The molecule has 0 atom stereocenters. The summed E-state index contributed by atoms with van der Waals surface area (Å²) in [5.41, 5.74) is 1.78. The summed E-state index contributed by atoms with van der Waals surface area (Å²) < 4.78 is 8.14. The predicted molar refractivity (Wildman–Crippen MR) is 153 cm³/mol. The van der Waals surface area contributed by atoms with Crippen LogP contribution < -0.4 is 15.0 Å². The minimum absolute atomic E-state index is 0.161. The normalized spacial score (nSPS) is 14.8. The van der Waals surface area contributed by atoms with E-state index in [4.69, 9.17) is 4.74 Å². The summed E-state index contributed by atoms with van der Waals surface area (Å²) in [6, 6.07) is 23.6. The lowest BCUT2D eigenvalue weighted by molar-refractivity contribution is -0.122. The molecule has 0 bridgehead atoms. The third-order valence-corrected chi connectivity index (χ3v) is 7.42. The first-order valence-corrected chi connectivity index (χ1v) is 13.4. The van der Waals surface area contributed by atoms with Crippen molar-refractivity contribution in [3.05, 3.63) is 109 Å². The lowest BCUT2D eigenvalue weighted by Crippen LogP contribution is -2.54. The van der Waals surface area contributed by atoms with Gasteiger partial charge in [0.05, 0.1) is 14.6 Å². The number of ether oxygens (including phenoxy) is 1. The summed E-state index contributed by atoms with van der Waals surface area (Å²) in [7, 11) is 0. The molecule has 1 heterocycles. The van der Waals surface area contributed by atoms with E-state index in [0.29, 0.717) is 32.6 Å². The molecule has 0 aliphatic carbocycles. The van der Waals surface area contributed by atoms with Gasteiger partial charge in [-0.1, -0.05) is 52.3 Å². The van der Waals surface area contributed by atoms with Gasteiger partial charge >= 0.3 is 6.03 Å². The fourth-order valence-corrected chi connectivity index (χ4v) is 5.65. The summed E-state index contributed by atoms with van der Waals surface area (Å²) in [5.74, 6) is -0.881. The number of rotatable bonds is 5. The van der Waals surface area contributed by atoms with E-state index in [1.165, 1.54) is 6.08 Å². The van der Waals surface area contributed by atoms with Gasteiger partial charge in [0.25, 0.3) is 11.8 Å². The minimum atomic E-state index is -0.797. The number of fused-ring (bicyclic) bond motifs is 1. The molecule has 0 saturated carbocycles. The molecule has 0 radical (unpaired) electrons. The van der Waals surface area contributed by atoms with Crippen molar-refractivity contribution in [2.75, 3.05) is 4.90 Å². The summed E-state index contributed by atoms with van der Waals surface area (Å²) in [4.78, 5) is 39.0. The van der Waals surface area contributed by atoms with Crippen molar-refractivity contribution in [3.63, 3.8) is 0 Å². The number of imide groups is 2. The second-order valence-electron chi connectivity index (χ2n) is 8.22. The molecular weight excluding hydrogens is 668 g/mol. The molecule has 1 N–H and O–H groups in total. The molecule has 1 fully saturated rings. The summed E-state index contributed by atoms with van der Waals surface area (Å²) in [6.45, 7) is 0.355. The van der Waals surface area contributed by atoms with Crippen LogP contribution >= 0.6 is 47.8 Å². The summed E-state index contributed by atoms with van der Waals surface area (Å²) in [6.07, 6.45) is 1.44. The highest BCUT2D eigenvalue weighted by atomic mass is 79.9. The number of urea groups is 1. The first kappa shape index (κ1) is 25.4. The second-order valence-corrected chi connectivity index (χ2v) is 10.8. The first-order valence-electron chi connectivity index (χ1n) is 11.1. The molecule has 6 nitrogen and oxygen atoms in total. The molecule has 4 aromatic carbocycles. The van der Waals surface area contributed by atoms with Crippen LogP contribution in [0, 0.1) is 0 Å². The van der Waals surface area contributed by atoms with Gasteiger partial charge < -0.3 is 4.74 Å². The van der Waals surface area contributed by atoms with E-state index in [-0.39, 0.29) is 5.57 Å². The number of nitrogens with one attached hydrogen (secondary N) is 1. The Hall–Kier alpha value is -3.27. The zero-order valence-corrected chi connectivity index (χ0v) is 23.8. The third kappa shape index (κ3) is 5.39. The van der Waals surface area contributed by atoms with Crippen LogP contribution in [0.2, 0.25) is 0 Å². The molecule has 1 saturated heterocycles. The SMILES string of the molecule is O=C1NC(=O)N(c2ccc(Br)cc2)C(=O)/C1=C/c1cc(Br)c(OCc2ccc3ccccc3c2)c(Br)c1. The van der Waals surface area contributed by atoms with Crippen LogP contribution in [-0.2, 0) is 16.2 Å². The van der Waals surface area contributed by atoms with Gasteiger partial charge in [0.15, 0.2) is 0 Å². The lowest BCUT2D eigenvalue weighted by atomic mass is 10.1. The number of carbonyl (C=O) groups excluding carboxylic acids is 3. The first-order chi connectivity index (χ1) is 17.8. The molecule has 4 aromatic rings. The number of halogens is 3. The highest BCUT2D eigenvalue weighted by molar-refractivity contribution is 9.11. The number of hydrogen-bond donors (Lipinski definition) is 1. The monoisotopic (exact) mass is 682 g/mol. The Labute approximate surface area is 237 Å². The maximum Gasteiger partial charge on any atom is 0.335 e. The Kier molecular flexibility index (Phi) is 7.28. The Bertz CT molecular complexity index is 1580. The zero-order valence-electron chi connectivity index (χ0n) is 19.0. The van der Waals surface area contributed by atoms with Crippen molar-refractivity contribution in [2.45, 2.75) is 6.61 Å². The highest BCUT2D eigenvalue weighted by Crippen LogP contribution is 2.36. The van der Waals surface area contributed by atoms with Crippen LogP contribution in [-0.4, -0.2) is 17.8 Å². The smallest absolute Gasteiger partial charge is 0.335 e. The number of carbonyl (C=O) groups is 3. The van der Waals surface area contributed by atoms with Crippen molar-refractivity contribution in [1.82, 2.24) is 5.32 Å². The fourth-order valence-electron chi connectivity index (χ4n) is 3.93. The second kappa shape index (κ2) is 10.6.